The van der Waals surface area contributed by atoms with Crippen LogP contribution in [0.5, 0.6) is 0 Å². The van der Waals surface area contributed by atoms with Crippen LogP contribution in [0.25, 0.3) is 0 Å². The summed E-state index contributed by atoms with van der Waals surface area (Å²) < 4.78 is 5.47. The molecular weight excluding hydrogens is 436 g/mol. The molecule has 1 aliphatic carbocycles. The molecule has 0 aliphatic heterocycles. The molecule has 0 atom stereocenters. The summed E-state index contributed by atoms with van der Waals surface area (Å²) in [6.45, 7) is -0.151. The smallest absolute Gasteiger partial charge is 0.325 e. The summed E-state index contributed by atoms with van der Waals surface area (Å²) in [5.74, 6) is -0.766. The summed E-state index contributed by atoms with van der Waals surface area (Å²) in [4.78, 5) is 35.9. The molecule has 1 fully saturated rings. The first kappa shape index (κ1) is 21.0. The molecule has 1 saturated carbocycles. The van der Waals surface area contributed by atoms with Crippen molar-refractivity contribution in [3.8, 4) is 0 Å². The molecule has 2 aromatic rings. The van der Waals surface area contributed by atoms with Crippen molar-refractivity contribution >= 4 is 39.4 Å². The molecule has 29 heavy (non-hydrogen) atoms. The van der Waals surface area contributed by atoms with Crippen molar-refractivity contribution in [1.82, 2.24) is 5.32 Å². The van der Waals surface area contributed by atoms with Crippen LogP contribution >= 0.6 is 15.9 Å². The van der Waals surface area contributed by atoms with Crippen LogP contribution in [0.2, 0.25) is 0 Å². The second-order valence-electron chi connectivity index (χ2n) is 7.12. The average Bonchev–Trinajstić information content (AvgIpc) is 2.68. The zero-order chi connectivity index (χ0) is 20.9. The van der Waals surface area contributed by atoms with E-state index in [2.05, 4.69) is 31.3 Å². The normalized spacial score (nSPS) is 14.4. The molecule has 6 nitrogen and oxygen atoms in total. The standard InChI is InChI=1S/C22H23BrN2O4/c1-29-20(27)14-24-19(26)13-15-3-9-18(10-4-15)25-21(28)22(11-2-12-22)16-5-7-17(23)8-6-16/h3-10H,2,11-14H2,1H3,(H,24,26)(H,25,28). The van der Waals surface area contributed by atoms with Gasteiger partial charge in [0.25, 0.3) is 0 Å². The number of ether oxygens (including phenoxy) is 1. The lowest BCUT2D eigenvalue weighted by Gasteiger charge is -2.40. The molecular formula is C22H23BrN2O4. The lowest BCUT2D eigenvalue weighted by Crippen LogP contribution is -2.46. The van der Waals surface area contributed by atoms with Gasteiger partial charge in [0.15, 0.2) is 0 Å². The van der Waals surface area contributed by atoms with E-state index in [1.807, 2.05) is 24.3 Å². The lowest BCUT2D eigenvalue weighted by molar-refractivity contribution is -0.141. The number of anilines is 1. The third-order valence-electron chi connectivity index (χ3n) is 5.27. The first-order valence-electron chi connectivity index (χ1n) is 9.43. The highest BCUT2D eigenvalue weighted by Crippen LogP contribution is 2.44. The van der Waals surface area contributed by atoms with E-state index >= 15 is 0 Å². The van der Waals surface area contributed by atoms with Gasteiger partial charge >= 0.3 is 5.97 Å². The van der Waals surface area contributed by atoms with Gasteiger partial charge in [-0.05, 0) is 48.2 Å². The molecule has 2 N–H and O–H groups in total. The van der Waals surface area contributed by atoms with Crippen molar-refractivity contribution in [3.05, 3.63) is 64.1 Å². The van der Waals surface area contributed by atoms with Crippen molar-refractivity contribution in [2.75, 3.05) is 19.0 Å². The quantitative estimate of drug-likeness (QED) is 0.623. The fourth-order valence-corrected chi connectivity index (χ4v) is 3.66. The Hall–Kier alpha value is -2.67. The van der Waals surface area contributed by atoms with Crippen LogP contribution in [0.1, 0.15) is 30.4 Å². The number of halogens is 1. The van der Waals surface area contributed by atoms with Crippen molar-refractivity contribution < 1.29 is 19.1 Å². The summed E-state index contributed by atoms with van der Waals surface area (Å²) >= 11 is 3.44. The molecule has 152 valence electrons. The number of hydrogen-bond donors (Lipinski definition) is 2. The van der Waals surface area contributed by atoms with Gasteiger partial charge in [0.1, 0.15) is 6.54 Å². The van der Waals surface area contributed by atoms with Crippen LogP contribution in [0.4, 0.5) is 5.69 Å². The first-order chi connectivity index (χ1) is 13.9. The number of amides is 2. The topological polar surface area (TPSA) is 84.5 Å². The van der Waals surface area contributed by atoms with Crippen molar-refractivity contribution in [2.24, 2.45) is 0 Å². The van der Waals surface area contributed by atoms with Gasteiger partial charge in [-0.15, -0.1) is 0 Å². The fraction of sp³-hybridized carbons (Fsp3) is 0.318. The van der Waals surface area contributed by atoms with Gasteiger partial charge in [-0.25, -0.2) is 0 Å². The second kappa shape index (κ2) is 9.22. The van der Waals surface area contributed by atoms with Gasteiger partial charge in [0, 0.05) is 10.2 Å². The Kier molecular flexibility index (Phi) is 6.69. The molecule has 2 aromatic carbocycles. The number of benzene rings is 2. The predicted octanol–water partition coefficient (Wildman–Crippen LogP) is 3.34. The molecule has 0 unspecified atom stereocenters. The van der Waals surface area contributed by atoms with Crippen LogP contribution < -0.4 is 10.6 Å². The maximum absolute atomic E-state index is 13.0. The summed E-state index contributed by atoms with van der Waals surface area (Å²) in [6.07, 6.45) is 2.84. The number of nitrogens with one attached hydrogen (secondary N) is 2. The van der Waals surface area contributed by atoms with E-state index in [9.17, 15) is 14.4 Å². The molecule has 0 saturated heterocycles. The van der Waals surface area contributed by atoms with Gasteiger partial charge < -0.3 is 15.4 Å². The van der Waals surface area contributed by atoms with Crippen LogP contribution in [0, 0.1) is 0 Å². The minimum atomic E-state index is -0.493. The number of carbonyl (C=O) groups excluding carboxylic acids is 3. The number of rotatable bonds is 7. The minimum absolute atomic E-state index is 0.00496. The summed E-state index contributed by atoms with van der Waals surface area (Å²) in [5, 5.41) is 5.51. The zero-order valence-corrected chi connectivity index (χ0v) is 17.8. The lowest BCUT2D eigenvalue weighted by atomic mass is 9.64. The predicted molar refractivity (Wildman–Crippen MR) is 113 cm³/mol. The van der Waals surface area contributed by atoms with E-state index < -0.39 is 11.4 Å². The molecule has 0 heterocycles. The molecule has 0 bridgehead atoms. The van der Waals surface area contributed by atoms with Gasteiger partial charge in [-0.2, -0.15) is 0 Å². The van der Waals surface area contributed by atoms with Crippen LogP contribution in [0.15, 0.2) is 53.0 Å². The van der Waals surface area contributed by atoms with Gasteiger partial charge in [0.2, 0.25) is 11.8 Å². The molecule has 0 radical (unpaired) electrons. The number of esters is 1. The summed E-state index contributed by atoms with van der Waals surface area (Å²) in [7, 11) is 1.27. The van der Waals surface area contributed by atoms with E-state index in [1.165, 1.54) is 7.11 Å². The maximum atomic E-state index is 13.0. The van der Waals surface area contributed by atoms with E-state index in [-0.39, 0.29) is 24.8 Å². The Morgan fingerprint density at radius 1 is 1.03 bits per heavy atom. The molecule has 2 amide bonds. The van der Waals surface area contributed by atoms with Crippen LogP contribution in [-0.2, 0) is 31.0 Å². The Morgan fingerprint density at radius 3 is 2.24 bits per heavy atom. The van der Waals surface area contributed by atoms with E-state index in [0.29, 0.717) is 5.69 Å². The highest BCUT2D eigenvalue weighted by molar-refractivity contribution is 9.10. The molecule has 7 heteroatoms. The molecule has 0 spiro atoms. The van der Waals surface area contributed by atoms with Gasteiger partial charge in [-0.1, -0.05) is 46.6 Å². The Labute approximate surface area is 178 Å². The molecule has 3 rings (SSSR count). The van der Waals surface area contributed by atoms with E-state index in [1.54, 1.807) is 24.3 Å². The van der Waals surface area contributed by atoms with Crippen LogP contribution in [-0.4, -0.2) is 31.4 Å². The third-order valence-corrected chi connectivity index (χ3v) is 5.80. The second-order valence-corrected chi connectivity index (χ2v) is 8.04. The Bertz CT molecular complexity index is 890. The molecule has 1 aliphatic rings. The SMILES string of the molecule is COC(=O)CNC(=O)Cc1ccc(NC(=O)C2(c3ccc(Br)cc3)CCC2)cc1. The van der Waals surface area contributed by atoms with E-state index in [4.69, 9.17) is 0 Å². The number of hydrogen-bond acceptors (Lipinski definition) is 4. The fourth-order valence-electron chi connectivity index (χ4n) is 3.39. The number of methoxy groups -OCH3 is 1. The maximum Gasteiger partial charge on any atom is 0.325 e. The van der Waals surface area contributed by atoms with Crippen molar-refractivity contribution in [1.29, 1.82) is 0 Å². The highest BCUT2D eigenvalue weighted by Gasteiger charge is 2.45. The largest absolute Gasteiger partial charge is 0.468 e. The Morgan fingerprint density at radius 2 is 1.69 bits per heavy atom. The monoisotopic (exact) mass is 458 g/mol. The summed E-state index contributed by atoms with van der Waals surface area (Å²) in [5.41, 5.74) is 2.03. The number of carbonyl (C=O) groups is 3. The van der Waals surface area contributed by atoms with Gasteiger partial charge in [-0.3, -0.25) is 14.4 Å². The zero-order valence-electron chi connectivity index (χ0n) is 16.2. The first-order valence-corrected chi connectivity index (χ1v) is 10.2. The third kappa shape index (κ3) is 5.03. The van der Waals surface area contributed by atoms with Crippen molar-refractivity contribution in [2.45, 2.75) is 31.1 Å². The average molecular weight is 459 g/mol. The highest BCUT2D eigenvalue weighted by atomic mass is 79.9. The van der Waals surface area contributed by atoms with Gasteiger partial charge in [0.05, 0.1) is 18.9 Å². The van der Waals surface area contributed by atoms with Crippen LogP contribution in [0.3, 0.4) is 0 Å². The Balaban J connectivity index is 1.60. The van der Waals surface area contributed by atoms with Crippen molar-refractivity contribution in [3.63, 3.8) is 0 Å². The summed E-state index contributed by atoms with van der Waals surface area (Å²) in [6, 6.07) is 15.1. The minimum Gasteiger partial charge on any atom is -0.468 e. The van der Waals surface area contributed by atoms with E-state index in [0.717, 1.165) is 34.9 Å². The molecule has 0 aromatic heterocycles.